The van der Waals surface area contributed by atoms with Crippen molar-refractivity contribution in [2.45, 2.75) is 84.8 Å². The summed E-state index contributed by atoms with van der Waals surface area (Å²) < 4.78 is 0. The molecule has 0 fully saturated rings. The van der Waals surface area contributed by atoms with Crippen molar-refractivity contribution >= 4 is 11.9 Å². The number of carbonyl (C=O) groups is 2. The van der Waals surface area contributed by atoms with Gasteiger partial charge >= 0.3 is 11.9 Å². The maximum atomic E-state index is 12.3. The molecule has 0 amide bonds. The molecule has 6 heteroatoms. The van der Waals surface area contributed by atoms with Gasteiger partial charge < -0.3 is 0 Å². The van der Waals surface area contributed by atoms with E-state index in [-0.39, 0.29) is 10.8 Å². The highest BCUT2D eigenvalue weighted by atomic mass is 17.3. The second-order valence-corrected chi connectivity index (χ2v) is 10.2. The molecule has 0 heterocycles. The smallest absolute Gasteiger partial charge is 0.290 e. The molecule has 0 N–H and O–H groups in total. The summed E-state index contributed by atoms with van der Waals surface area (Å²) in [6, 6.07) is 14.3. The van der Waals surface area contributed by atoms with Crippen LogP contribution < -0.4 is 0 Å². The number of hydrogen-bond donors (Lipinski definition) is 0. The third-order valence-electron chi connectivity index (χ3n) is 5.23. The molecule has 2 rings (SSSR count). The van der Waals surface area contributed by atoms with E-state index in [1.54, 1.807) is 24.3 Å². The van der Waals surface area contributed by atoms with Gasteiger partial charge in [0, 0.05) is 6.42 Å². The van der Waals surface area contributed by atoms with Crippen LogP contribution in [-0.2, 0) is 30.4 Å². The SMILES string of the molecule is CCCCC(OOC(=O)c1ccc(C(C)(C)C)cc1)OOC(=O)c1ccc(C(C)(C)C)cc1. The molecule has 0 aliphatic rings. The van der Waals surface area contributed by atoms with E-state index in [1.807, 2.05) is 31.2 Å². The Kier molecular flexibility index (Phi) is 9.20. The molecule has 0 aliphatic carbocycles. The number of hydrogen-bond acceptors (Lipinski definition) is 6. The lowest BCUT2D eigenvalue weighted by molar-refractivity contribution is -0.421. The van der Waals surface area contributed by atoms with Crippen LogP contribution in [0, 0.1) is 0 Å². The Morgan fingerprint density at radius 3 is 1.36 bits per heavy atom. The van der Waals surface area contributed by atoms with Crippen LogP contribution in [0.25, 0.3) is 0 Å². The van der Waals surface area contributed by atoms with Crippen molar-refractivity contribution in [1.29, 1.82) is 0 Å². The minimum Gasteiger partial charge on any atom is -0.290 e. The Morgan fingerprint density at radius 1 is 0.697 bits per heavy atom. The molecule has 0 radical (unpaired) electrons. The van der Waals surface area contributed by atoms with E-state index in [0.29, 0.717) is 17.5 Å². The molecule has 0 saturated carbocycles. The third-order valence-corrected chi connectivity index (χ3v) is 5.23. The Hall–Kier alpha value is -2.70. The summed E-state index contributed by atoms with van der Waals surface area (Å²) in [5.41, 5.74) is 2.88. The molecule has 33 heavy (non-hydrogen) atoms. The maximum Gasteiger partial charge on any atom is 0.373 e. The zero-order valence-electron chi connectivity index (χ0n) is 20.8. The number of benzene rings is 2. The first-order chi connectivity index (χ1) is 15.4. The van der Waals surface area contributed by atoms with Gasteiger partial charge in [0.25, 0.3) is 0 Å². The standard InChI is InChI=1S/C27H36O6/c1-8-9-10-23(30-32-24(28)19-11-15-21(16-12-19)26(2,3)4)31-33-25(29)20-13-17-22(18-14-20)27(5,6)7/h11-18,23H,8-10H2,1-7H3. The highest BCUT2D eigenvalue weighted by Gasteiger charge is 2.21. The molecule has 0 aliphatic heterocycles. The monoisotopic (exact) mass is 456 g/mol. The van der Waals surface area contributed by atoms with Gasteiger partial charge in [0.05, 0.1) is 11.1 Å². The van der Waals surface area contributed by atoms with Crippen LogP contribution in [0.5, 0.6) is 0 Å². The number of unbranched alkanes of at least 4 members (excludes halogenated alkanes) is 1. The lowest BCUT2D eigenvalue weighted by Crippen LogP contribution is -2.22. The van der Waals surface area contributed by atoms with Crippen molar-refractivity contribution in [3.05, 3.63) is 70.8 Å². The first-order valence-corrected chi connectivity index (χ1v) is 11.4. The molecule has 6 nitrogen and oxygen atoms in total. The summed E-state index contributed by atoms with van der Waals surface area (Å²) in [4.78, 5) is 44.9. The Morgan fingerprint density at radius 2 is 1.06 bits per heavy atom. The molecular formula is C27H36O6. The van der Waals surface area contributed by atoms with E-state index in [2.05, 4.69) is 41.5 Å². The normalized spacial score (nSPS) is 12.0. The molecule has 0 bridgehead atoms. The molecule has 0 saturated heterocycles. The van der Waals surface area contributed by atoms with E-state index in [4.69, 9.17) is 19.6 Å². The van der Waals surface area contributed by atoms with Crippen LogP contribution in [0.2, 0.25) is 0 Å². The summed E-state index contributed by atoms with van der Waals surface area (Å²) in [6.45, 7) is 14.6. The quantitative estimate of drug-likeness (QED) is 0.238. The average molecular weight is 457 g/mol. The van der Waals surface area contributed by atoms with Crippen molar-refractivity contribution < 1.29 is 29.1 Å². The van der Waals surface area contributed by atoms with Crippen molar-refractivity contribution in [1.82, 2.24) is 0 Å². The van der Waals surface area contributed by atoms with Gasteiger partial charge in [-0.05, 0) is 52.6 Å². The van der Waals surface area contributed by atoms with Crippen molar-refractivity contribution in [3.8, 4) is 0 Å². The topological polar surface area (TPSA) is 71.1 Å². The molecular weight excluding hydrogens is 420 g/mol. The summed E-state index contributed by atoms with van der Waals surface area (Å²) in [5, 5.41) is 0. The van der Waals surface area contributed by atoms with Crippen LogP contribution in [-0.4, -0.2) is 18.2 Å². The Balaban J connectivity index is 1.93. The van der Waals surface area contributed by atoms with Gasteiger partial charge in [-0.25, -0.2) is 9.59 Å². The predicted octanol–water partition coefficient (Wildman–Crippen LogP) is 6.67. The zero-order valence-corrected chi connectivity index (χ0v) is 20.8. The minimum absolute atomic E-state index is 0.0189. The highest BCUT2D eigenvalue weighted by molar-refractivity contribution is 5.89. The van der Waals surface area contributed by atoms with Crippen LogP contribution in [0.1, 0.15) is 99.6 Å². The van der Waals surface area contributed by atoms with Crippen molar-refractivity contribution in [2.24, 2.45) is 0 Å². The van der Waals surface area contributed by atoms with E-state index in [0.717, 1.165) is 24.0 Å². The van der Waals surface area contributed by atoms with Gasteiger partial charge in [0.15, 0.2) is 0 Å². The first-order valence-electron chi connectivity index (χ1n) is 11.4. The Bertz CT molecular complexity index is 828. The van der Waals surface area contributed by atoms with Crippen LogP contribution in [0.4, 0.5) is 0 Å². The zero-order chi connectivity index (χ0) is 24.6. The van der Waals surface area contributed by atoms with Gasteiger partial charge in [0.1, 0.15) is 0 Å². The van der Waals surface area contributed by atoms with Crippen molar-refractivity contribution in [2.75, 3.05) is 0 Å². The second-order valence-electron chi connectivity index (χ2n) is 10.2. The molecule has 0 atom stereocenters. The minimum atomic E-state index is -1.03. The Labute approximate surface area is 197 Å². The summed E-state index contributed by atoms with van der Waals surface area (Å²) >= 11 is 0. The number of rotatable bonds is 9. The van der Waals surface area contributed by atoms with E-state index in [9.17, 15) is 9.59 Å². The first kappa shape index (κ1) is 26.6. The molecule has 2 aromatic rings. The molecule has 0 aromatic heterocycles. The lowest BCUT2D eigenvalue weighted by atomic mass is 9.87. The van der Waals surface area contributed by atoms with E-state index < -0.39 is 18.2 Å². The summed E-state index contributed by atoms with van der Waals surface area (Å²) in [5.74, 6) is -1.30. The van der Waals surface area contributed by atoms with Gasteiger partial charge in [-0.3, -0.25) is 9.78 Å². The largest absolute Gasteiger partial charge is 0.373 e. The average Bonchev–Trinajstić information content (AvgIpc) is 2.77. The predicted molar refractivity (Wildman–Crippen MR) is 127 cm³/mol. The fourth-order valence-electron chi connectivity index (χ4n) is 2.99. The second kappa shape index (κ2) is 11.4. The molecule has 2 aromatic carbocycles. The maximum absolute atomic E-state index is 12.3. The van der Waals surface area contributed by atoms with E-state index in [1.165, 1.54) is 0 Å². The third kappa shape index (κ3) is 8.30. The summed E-state index contributed by atoms with van der Waals surface area (Å²) in [6.07, 6.45) is 0.970. The van der Waals surface area contributed by atoms with E-state index >= 15 is 0 Å². The lowest BCUT2D eigenvalue weighted by Gasteiger charge is -2.19. The molecule has 0 unspecified atom stereocenters. The highest BCUT2D eigenvalue weighted by Crippen LogP contribution is 2.23. The van der Waals surface area contributed by atoms with Crippen LogP contribution in [0.3, 0.4) is 0 Å². The summed E-state index contributed by atoms with van der Waals surface area (Å²) in [7, 11) is 0. The van der Waals surface area contributed by atoms with Crippen LogP contribution >= 0.6 is 0 Å². The fourth-order valence-corrected chi connectivity index (χ4v) is 2.99. The van der Waals surface area contributed by atoms with Crippen LogP contribution in [0.15, 0.2) is 48.5 Å². The number of carbonyl (C=O) groups excluding carboxylic acids is 2. The van der Waals surface area contributed by atoms with Gasteiger partial charge in [0.2, 0.25) is 6.29 Å². The fraction of sp³-hybridized carbons (Fsp3) is 0.481. The molecule has 180 valence electrons. The van der Waals surface area contributed by atoms with Gasteiger partial charge in [-0.1, -0.05) is 79.2 Å². The molecule has 0 spiro atoms. The van der Waals surface area contributed by atoms with Crippen molar-refractivity contribution in [3.63, 3.8) is 0 Å². The van der Waals surface area contributed by atoms with Gasteiger partial charge in [-0.15, -0.1) is 9.78 Å². The van der Waals surface area contributed by atoms with Gasteiger partial charge in [-0.2, -0.15) is 0 Å².